The third-order valence-electron chi connectivity index (χ3n) is 2.51. The van der Waals surface area contributed by atoms with Gasteiger partial charge in [0.1, 0.15) is 12.8 Å². The van der Waals surface area contributed by atoms with Crippen molar-refractivity contribution in [2.24, 2.45) is 0 Å². The first-order valence-corrected chi connectivity index (χ1v) is 6.15. The molecule has 2 heterocycles. The van der Waals surface area contributed by atoms with Gasteiger partial charge in [-0.1, -0.05) is 5.21 Å². The van der Waals surface area contributed by atoms with Crippen molar-refractivity contribution in [1.82, 2.24) is 25.0 Å². The molecule has 0 aliphatic rings. The number of aliphatic hydroxyl groups excluding tert-OH is 2. The number of H-pyrrole nitrogens is 1. The lowest BCUT2D eigenvalue weighted by Gasteiger charge is -2.11. The van der Waals surface area contributed by atoms with Crippen LogP contribution in [0.1, 0.15) is 6.92 Å². The number of rotatable bonds is 7. The van der Waals surface area contributed by atoms with Crippen LogP contribution in [0.4, 0.5) is 5.95 Å². The number of aliphatic hydroxyl groups is 2. The van der Waals surface area contributed by atoms with Crippen LogP contribution in [-0.2, 0) is 21.1 Å². The largest absolute Gasteiger partial charge is 0.394 e. The number of hydrogen-bond acceptors (Lipinski definition) is 10. The zero-order valence-corrected chi connectivity index (χ0v) is 11.5. The van der Waals surface area contributed by atoms with E-state index in [1.165, 1.54) is 6.92 Å². The maximum atomic E-state index is 12.0. The fraction of sp³-hybridized carbons (Fsp3) is 0.500. The second-order valence-corrected chi connectivity index (χ2v) is 4.15. The van der Waals surface area contributed by atoms with Crippen LogP contribution in [0.5, 0.6) is 0 Å². The smallest absolute Gasteiger partial charge is 0.329 e. The van der Waals surface area contributed by atoms with E-state index in [9.17, 15) is 9.59 Å². The average molecular weight is 314 g/mol. The van der Waals surface area contributed by atoms with Crippen molar-refractivity contribution in [1.29, 1.82) is 0 Å². The van der Waals surface area contributed by atoms with Crippen molar-refractivity contribution >= 4 is 23.1 Å². The maximum Gasteiger partial charge on any atom is 0.329 e. The molecule has 0 bridgehead atoms. The van der Waals surface area contributed by atoms with Crippen LogP contribution in [0.25, 0.3) is 11.2 Å². The molecule has 12 heteroatoms. The summed E-state index contributed by atoms with van der Waals surface area (Å²) in [6.45, 7) is 0.210. The highest BCUT2D eigenvalue weighted by molar-refractivity contribution is 5.70. The zero-order chi connectivity index (χ0) is 16.1. The molecule has 120 valence electrons. The van der Waals surface area contributed by atoms with Crippen LogP contribution in [-0.4, -0.2) is 60.5 Å². The van der Waals surface area contributed by atoms with Crippen LogP contribution >= 0.6 is 0 Å². The average Bonchev–Trinajstić information content (AvgIpc) is 2.90. The number of ether oxygens (including phenoxy) is 1. The highest BCUT2D eigenvalue weighted by atomic mass is 16.7. The first kappa shape index (κ1) is 15.8. The molecule has 4 N–H and O–H groups in total. The summed E-state index contributed by atoms with van der Waals surface area (Å²) in [4.78, 5) is 33.4. The molecule has 0 atom stereocenters. The van der Waals surface area contributed by atoms with E-state index in [4.69, 9.17) is 14.9 Å². The molecule has 0 fully saturated rings. The predicted molar refractivity (Wildman–Crippen MR) is 70.4 cm³/mol. The molecule has 0 aliphatic heterocycles. The van der Waals surface area contributed by atoms with Gasteiger partial charge in [0.25, 0.3) is 5.56 Å². The summed E-state index contributed by atoms with van der Waals surface area (Å²) in [5, 5.41) is 25.2. The van der Waals surface area contributed by atoms with Gasteiger partial charge < -0.3 is 19.8 Å². The van der Waals surface area contributed by atoms with E-state index in [1.807, 2.05) is 0 Å². The Labute approximate surface area is 122 Å². The van der Waals surface area contributed by atoms with Crippen molar-refractivity contribution in [2.45, 2.75) is 19.8 Å². The number of hydrogen-bond donors (Lipinski definition) is 4. The standard InChI is InChI=1S/C10H14N6O6/c1-5(19)22-14-10-11-8-7(9(20)12-10)16(15-13-8)4-21-6(2-17)3-18/h6,17-18H,2-4H2,1H3,(H2,11,12,14,20). The summed E-state index contributed by atoms with van der Waals surface area (Å²) >= 11 is 0. The molecule has 0 spiro atoms. The fourth-order valence-corrected chi connectivity index (χ4v) is 1.50. The van der Waals surface area contributed by atoms with Gasteiger partial charge in [-0.05, 0) is 0 Å². The molecule has 2 aromatic rings. The summed E-state index contributed by atoms with van der Waals surface area (Å²) in [5.41, 5.74) is 1.62. The number of nitrogens with zero attached hydrogens (tertiary/aromatic N) is 4. The molecule has 0 aromatic carbocycles. The molecular formula is C10H14N6O6. The van der Waals surface area contributed by atoms with Gasteiger partial charge >= 0.3 is 5.97 Å². The molecule has 0 aliphatic carbocycles. The lowest BCUT2D eigenvalue weighted by atomic mass is 10.4. The molecule has 0 saturated heterocycles. The van der Waals surface area contributed by atoms with Gasteiger partial charge in [-0.2, -0.15) is 10.5 Å². The van der Waals surface area contributed by atoms with Gasteiger partial charge in [-0.3, -0.25) is 14.6 Å². The Hall–Kier alpha value is -2.57. The number of carbonyl (C=O) groups excluding carboxylic acids is 1. The Morgan fingerprint density at radius 1 is 1.45 bits per heavy atom. The Bertz CT molecular complexity index is 707. The summed E-state index contributed by atoms with van der Waals surface area (Å²) in [6, 6.07) is 0. The van der Waals surface area contributed by atoms with Crippen molar-refractivity contribution in [2.75, 3.05) is 18.7 Å². The Balaban J connectivity index is 2.21. The predicted octanol–water partition coefficient (Wildman–Crippen LogP) is -2.27. The van der Waals surface area contributed by atoms with Crippen molar-refractivity contribution < 1.29 is 24.6 Å². The van der Waals surface area contributed by atoms with Crippen LogP contribution in [0, 0.1) is 0 Å². The Kier molecular flexibility index (Phi) is 4.98. The summed E-state index contributed by atoms with van der Waals surface area (Å²) in [5.74, 6) is -0.719. The number of aromatic nitrogens is 5. The van der Waals surface area contributed by atoms with E-state index in [0.29, 0.717) is 0 Å². The number of nitrogens with one attached hydrogen (secondary N) is 2. The number of carbonyl (C=O) groups is 1. The van der Waals surface area contributed by atoms with Crippen LogP contribution < -0.4 is 11.0 Å². The molecule has 0 radical (unpaired) electrons. The van der Waals surface area contributed by atoms with Crippen LogP contribution in [0.15, 0.2) is 4.79 Å². The normalized spacial score (nSPS) is 11.1. The molecular weight excluding hydrogens is 300 g/mol. The lowest BCUT2D eigenvalue weighted by Crippen LogP contribution is -2.25. The monoisotopic (exact) mass is 314 g/mol. The van der Waals surface area contributed by atoms with Crippen LogP contribution in [0.3, 0.4) is 0 Å². The first-order valence-electron chi connectivity index (χ1n) is 6.15. The van der Waals surface area contributed by atoms with E-state index in [0.717, 1.165) is 4.68 Å². The van der Waals surface area contributed by atoms with Crippen LogP contribution in [0.2, 0.25) is 0 Å². The van der Waals surface area contributed by atoms with Crippen molar-refractivity contribution in [3.8, 4) is 0 Å². The minimum absolute atomic E-state index is 0.00606. The third kappa shape index (κ3) is 3.55. The Morgan fingerprint density at radius 2 is 2.18 bits per heavy atom. The maximum absolute atomic E-state index is 12.0. The summed E-state index contributed by atoms with van der Waals surface area (Å²) in [6.07, 6.45) is -0.795. The van der Waals surface area contributed by atoms with Gasteiger partial charge in [0.2, 0.25) is 11.6 Å². The van der Waals surface area contributed by atoms with E-state index in [1.54, 1.807) is 0 Å². The van der Waals surface area contributed by atoms with Gasteiger partial charge in [0.15, 0.2) is 5.52 Å². The molecule has 0 amide bonds. The zero-order valence-electron chi connectivity index (χ0n) is 11.5. The Morgan fingerprint density at radius 3 is 2.82 bits per heavy atom. The van der Waals surface area contributed by atoms with E-state index >= 15 is 0 Å². The molecule has 2 rings (SSSR count). The first-order chi connectivity index (χ1) is 10.5. The fourth-order valence-electron chi connectivity index (χ4n) is 1.50. The van der Waals surface area contributed by atoms with Gasteiger partial charge in [0, 0.05) is 6.92 Å². The lowest BCUT2D eigenvalue weighted by molar-refractivity contribution is -0.138. The SMILES string of the molecule is CC(=O)ONc1nc2nnn(COC(CO)CO)c2c(=O)[nH]1. The third-order valence-corrected chi connectivity index (χ3v) is 2.51. The molecule has 2 aromatic heterocycles. The minimum Gasteiger partial charge on any atom is -0.394 e. The second kappa shape index (κ2) is 6.93. The van der Waals surface area contributed by atoms with E-state index in [-0.39, 0.29) is 37.1 Å². The summed E-state index contributed by atoms with van der Waals surface area (Å²) < 4.78 is 6.27. The highest BCUT2D eigenvalue weighted by Gasteiger charge is 2.14. The van der Waals surface area contributed by atoms with E-state index in [2.05, 4.69) is 30.6 Å². The molecule has 0 unspecified atom stereocenters. The van der Waals surface area contributed by atoms with E-state index < -0.39 is 17.6 Å². The van der Waals surface area contributed by atoms with Crippen molar-refractivity contribution in [3.63, 3.8) is 0 Å². The van der Waals surface area contributed by atoms with Crippen molar-refractivity contribution in [3.05, 3.63) is 10.4 Å². The van der Waals surface area contributed by atoms with Gasteiger partial charge in [-0.25, -0.2) is 4.68 Å². The topological polar surface area (TPSA) is 164 Å². The number of anilines is 1. The molecule has 22 heavy (non-hydrogen) atoms. The second-order valence-electron chi connectivity index (χ2n) is 4.15. The number of fused-ring (bicyclic) bond motifs is 1. The number of aromatic amines is 1. The minimum atomic E-state index is -0.795. The van der Waals surface area contributed by atoms with Gasteiger partial charge in [0.05, 0.1) is 13.2 Å². The highest BCUT2D eigenvalue weighted by Crippen LogP contribution is 2.06. The molecule has 0 saturated carbocycles. The van der Waals surface area contributed by atoms with Gasteiger partial charge in [-0.15, -0.1) is 5.10 Å². The molecule has 12 nitrogen and oxygen atoms in total. The summed E-state index contributed by atoms with van der Waals surface area (Å²) in [7, 11) is 0. The quantitative estimate of drug-likeness (QED) is 0.409.